The summed E-state index contributed by atoms with van der Waals surface area (Å²) >= 11 is 7.58. The number of anilines is 1. The number of benzene rings is 3. The van der Waals surface area contributed by atoms with E-state index in [1.54, 1.807) is 0 Å². The number of amides is 1. The lowest BCUT2D eigenvalue weighted by molar-refractivity contribution is -0.118. The number of hydrogen-bond acceptors (Lipinski definition) is 5. The normalized spacial score (nSPS) is 10.7. The average Bonchev–Trinajstić information content (AvgIpc) is 3.24. The molecule has 0 aliphatic rings. The molecule has 0 fully saturated rings. The summed E-state index contributed by atoms with van der Waals surface area (Å²) in [5.74, 6) is 0.894. The molecule has 0 atom stereocenters. The van der Waals surface area contributed by atoms with Gasteiger partial charge in [-0.25, -0.2) is 0 Å². The second-order valence-electron chi connectivity index (χ2n) is 7.48. The van der Waals surface area contributed by atoms with Gasteiger partial charge in [0.15, 0.2) is 11.0 Å². The summed E-state index contributed by atoms with van der Waals surface area (Å²) in [4.78, 5) is 12.4. The first-order valence-electron chi connectivity index (χ1n) is 10.5. The first-order chi connectivity index (χ1) is 16.1. The largest absolute Gasteiger partial charge is 0.378 e. The van der Waals surface area contributed by atoms with Crippen LogP contribution >= 0.6 is 23.4 Å². The molecule has 6 nitrogen and oxygen atoms in total. The molecular weight excluding hydrogens is 454 g/mol. The van der Waals surface area contributed by atoms with Crippen molar-refractivity contribution < 1.29 is 4.79 Å². The van der Waals surface area contributed by atoms with Crippen LogP contribution in [0.25, 0.3) is 5.69 Å². The standard InChI is InChI=1S/C25H24ClN5OS/c1-18-10-12-21(13-11-18)27-16-23-29-30-25(31(23)22-9-5-8-20(26)14-22)33-17-24(32)28-15-19-6-3-2-4-7-19/h2-14,27H,15-17H2,1H3,(H,28,32). The van der Waals surface area contributed by atoms with Gasteiger partial charge in [0, 0.05) is 17.3 Å². The molecule has 0 radical (unpaired) electrons. The molecule has 4 aromatic rings. The predicted molar refractivity (Wildman–Crippen MR) is 134 cm³/mol. The van der Waals surface area contributed by atoms with Gasteiger partial charge in [0.25, 0.3) is 0 Å². The van der Waals surface area contributed by atoms with Crippen LogP contribution in [-0.2, 0) is 17.9 Å². The smallest absolute Gasteiger partial charge is 0.230 e. The zero-order chi connectivity index (χ0) is 23.0. The number of nitrogens with zero attached hydrogens (tertiary/aromatic N) is 3. The third-order valence-corrected chi connectivity index (χ3v) is 6.10. The SMILES string of the molecule is Cc1ccc(NCc2nnc(SCC(=O)NCc3ccccc3)n2-c2cccc(Cl)c2)cc1. The molecule has 1 amide bonds. The van der Waals surface area contributed by atoms with Crippen LogP contribution in [0.1, 0.15) is 17.0 Å². The maximum atomic E-state index is 12.4. The van der Waals surface area contributed by atoms with Crippen molar-refractivity contribution in [3.05, 3.63) is 101 Å². The van der Waals surface area contributed by atoms with E-state index in [1.807, 2.05) is 71.3 Å². The number of nitrogens with one attached hydrogen (secondary N) is 2. The van der Waals surface area contributed by atoms with Gasteiger partial charge in [0.1, 0.15) is 0 Å². The molecule has 2 N–H and O–H groups in total. The van der Waals surface area contributed by atoms with E-state index in [4.69, 9.17) is 11.6 Å². The number of rotatable bonds is 9. The van der Waals surface area contributed by atoms with Crippen molar-refractivity contribution in [2.24, 2.45) is 0 Å². The van der Waals surface area contributed by atoms with Crippen LogP contribution in [0.5, 0.6) is 0 Å². The van der Waals surface area contributed by atoms with Crippen molar-refractivity contribution >= 4 is 35.0 Å². The molecule has 0 spiro atoms. The second-order valence-corrected chi connectivity index (χ2v) is 8.86. The number of carbonyl (C=O) groups is 1. The average molecular weight is 478 g/mol. The Kier molecular flexibility index (Phi) is 7.65. The van der Waals surface area contributed by atoms with Crippen molar-refractivity contribution in [3.8, 4) is 5.69 Å². The minimum atomic E-state index is -0.0659. The van der Waals surface area contributed by atoms with Crippen LogP contribution in [0.4, 0.5) is 5.69 Å². The zero-order valence-corrected chi connectivity index (χ0v) is 19.7. The van der Waals surface area contributed by atoms with E-state index in [1.165, 1.54) is 17.3 Å². The maximum Gasteiger partial charge on any atom is 0.230 e. The Bertz CT molecular complexity index is 1210. The summed E-state index contributed by atoms with van der Waals surface area (Å²) in [5.41, 5.74) is 4.10. The fraction of sp³-hybridized carbons (Fsp3) is 0.160. The number of thioether (sulfide) groups is 1. The van der Waals surface area contributed by atoms with Crippen molar-refractivity contribution in [2.45, 2.75) is 25.2 Å². The van der Waals surface area contributed by atoms with Gasteiger partial charge in [-0.2, -0.15) is 0 Å². The topological polar surface area (TPSA) is 71.8 Å². The molecule has 33 heavy (non-hydrogen) atoms. The lowest BCUT2D eigenvalue weighted by Gasteiger charge is -2.12. The Morgan fingerprint density at radius 3 is 2.52 bits per heavy atom. The molecule has 1 aromatic heterocycles. The van der Waals surface area contributed by atoms with Gasteiger partial charge in [-0.05, 0) is 42.8 Å². The molecule has 0 aliphatic carbocycles. The Balaban J connectivity index is 1.47. The first kappa shape index (κ1) is 22.9. The molecule has 168 valence electrons. The first-order valence-corrected chi connectivity index (χ1v) is 11.9. The highest BCUT2D eigenvalue weighted by Crippen LogP contribution is 2.24. The van der Waals surface area contributed by atoms with Crippen LogP contribution in [0.2, 0.25) is 5.02 Å². The van der Waals surface area contributed by atoms with Crippen LogP contribution in [0.3, 0.4) is 0 Å². The molecule has 8 heteroatoms. The van der Waals surface area contributed by atoms with E-state index in [2.05, 4.69) is 39.9 Å². The Hall–Kier alpha value is -3.29. The van der Waals surface area contributed by atoms with Gasteiger partial charge >= 0.3 is 0 Å². The molecule has 4 rings (SSSR count). The van der Waals surface area contributed by atoms with Gasteiger partial charge in [-0.3, -0.25) is 9.36 Å². The lowest BCUT2D eigenvalue weighted by atomic mass is 10.2. The van der Waals surface area contributed by atoms with Gasteiger partial charge < -0.3 is 10.6 Å². The maximum absolute atomic E-state index is 12.4. The molecular formula is C25H24ClN5OS. The van der Waals surface area contributed by atoms with E-state index in [9.17, 15) is 4.79 Å². The van der Waals surface area contributed by atoms with Gasteiger partial charge in [-0.1, -0.05) is 77.5 Å². The minimum Gasteiger partial charge on any atom is -0.378 e. The van der Waals surface area contributed by atoms with E-state index < -0.39 is 0 Å². The Morgan fingerprint density at radius 2 is 1.76 bits per heavy atom. The van der Waals surface area contributed by atoms with Gasteiger partial charge in [0.05, 0.1) is 18.0 Å². The van der Waals surface area contributed by atoms with Crippen molar-refractivity contribution in [1.82, 2.24) is 20.1 Å². The van der Waals surface area contributed by atoms with E-state index in [0.717, 1.165) is 22.8 Å². The number of carbonyl (C=O) groups excluding carboxylic acids is 1. The minimum absolute atomic E-state index is 0.0659. The quantitative estimate of drug-likeness (QED) is 0.322. The summed E-state index contributed by atoms with van der Waals surface area (Å²) in [6, 6.07) is 25.5. The fourth-order valence-electron chi connectivity index (χ4n) is 3.21. The molecule has 1 heterocycles. The summed E-state index contributed by atoms with van der Waals surface area (Å²) in [7, 11) is 0. The monoisotopic (exact) mass is 477 g/mol. The molecule has 0 unspecified atom stereocenters. The Morgan fingerprint density at radius 1 is 0.970 bits per heavy atom. The predicted octanol–water partition coefficient (Wildman–Crippen LogP) is 5.25. The number of aryl methyl sites for hydroxylation is 1. The van der Waals surface area contributed by atoms with Crippen molar-refractivity contribution in [1.29, 1.82) is 0 Å². The summed E-state index contributed by atoms with van der Waals surface area (Å²) < 4.78 is 1.93. The third-order valence-electron chi connectivity index (χ3n) is 4.93. The summed E-state index contributed by atoms with van der Waals surface area (Å²) in [5, 5.41) is 16.3. The van der Waals surface area contributed by atoms with Gasteiger partial charge in [0.2, 0.25) is 5.91 Å². The van der Waals surface area contributed by atoms with E-state index >= 15 is 0 Å². The molecule has 0 bridgehead atoms. The highest BCUT2D eigenvalue weighted by Gasteiger charge is 2.16. The molecule has 0 aliphatic heterocycles. The summed E-state index contributed by atoms with van der Waals surface area (Å²) in [6.07, 6.45) is 0. The molecule has 0 saturated carbocycles. The number of halogens is 1. The third kappa shape index (κ3) is 6.37. The zero-order valence-electron chi connectivity index (χ0n) is 18.2. The van der Waals surface area contributed by atoms with Crippen molar-refractivity contribution in [3.63, 3.8) is 0 Å². The molecule has 3 aromatic carbocycles. The van der Waals surface area contributed by atoms with Gasteiger partial charge in [-0.15, -0.1) is 10.2 Å². The second kappa shape index (κ2) is 11.0. The van der Waals surface area contributed by atoms with Crippen LogP contribution < -0.4 is 10.6 Å². The summed E-state index contributed by atoms with van der Waals surface area (Å²) in [6.45, 7) is 3.02. The van der Waals surface area contributed by atoms with Crippen molar-refractivity contribution in [2.75, 3.05) is 11.1 Å². The highest BCUT2D eigenvalue weighted by atomic mass is 35.5. The van der Waals surface area contributed by atoms with Crippen LogP contribution in [0.15, 0.2) is 84.0 Å². The fourth-order valence-corrected chi connectivity index (χ4v) is 4.20. The van der Waals surface area contributed by atoms with E-state index in [-0.39, 0.29) is 11.7 Å². The Labute approximate surface area is 202 Å². The molecule has 0 saturated heterocycles. The lowest BCUT2D eigenvalue weighted by Crippen LogP contribution is -2.24. The van der Waals surface area contributed by atoms with E-state index in [0.29, 0.717) is 23.3 Å². The highest BCUT2D eigenvalue weighted by molar-refractivity contribution is 7.99. The number of aromatic nitrogens is 3. The number of hydrogen-bond donors (Lipinski definition) is 2. The van der Waals surface area contributed by atoms with Crippen LogP contribution in [0, 0.1) is 6.92 Å². The van der Waals surface area contributed by atoms with Crippen LogP contribution in [-0.4, -0.2) is 26.4 Å².